The van der Waals surface area contributed by atoms with E-state index in [9.17, 15) is 17.6 Å². The highest BCUT2D eigenvalue weighted by atomic mass is 32.2. The molecule has 6 nitrogen and oxygen atoms in total. The number of amides is 1. The van der Waals surface area contributed by atoms with E-state index in [-0.39, 0.29) is 27.3 Å². The van der Waals surface area contributed by atoms with Crippen LogP contribution in [0.4, 0.5) is 10.1 Å². The minimum Gasteiger partial charge on any atom is -0.302 e. The van der Waals surface area contributed by atoms with Crippen molar-refractivity contribution in [1.82, 2.24) is 4.57 Å². The lowest BCUT2D eigenvalue weighted by molar-refractivity contribution is 0.0997. The molecule has 166 valence electrons. The molecule has 0 N–H and O–H groups in total. The number of thiazole rings is 1. The quantitative estimate of drug-likeness (QED) is 0.406. The van der Waals surface area contributed by atoms with Crippen molar-refractivity contribution >= 4 is 43.2 Å². The van der Waals surface area contributed by atoms with E-state index in [2.05, 4.69) is 10.9 Å². The monoisotopic (exact) mass is 479 g/mol. The molecule has 0 atom stereocenters. The summed E-state index contributed by atoms with van der Waals surface area (Å²) in [6.45, 7) is 0.0516. The van der Waals surface area contributed by atoms with Crippen LogP contribution in [0.5, 0.6) is 0 Å². The van der Waals surface area contributed by atoms with Gasteiger partial charge in [0.1, 0.15) is 5.82 Å². The number of terminal acetylenes is 1. The second kappa shape index (κ2) is 9.02. The number of carbonyl (C=O) groups excluding carboxylic acids is 1. The largest absolute Gasteiger partial charge is 0.302 e. The summed E-state index contributed by atoms with van der Waals surface area (Å²) in [5.74, 6) is 1.41. The fourth-order valence-electron chi connectivity index (χ4n) is 3.27. The van der Waals surface area contributed by atoms with Crippen molar-refractivity contribution in [3.63, 3.8) is 0 Å². The van der Waals surface area contributed by atoms with Crippen molar-refractivity contribution in [3.8, 4) is 12.3 Å². The Balaban J connectivity index is 1.68. The number of sulfonamides is 1. The van der Waals surface area contributed by atoms with Gasteiger partial charge >= 0.3 is 0 Å². The molecule has 0 saturated carbocycles. The SMILES string of the molecule is C#CCn1c(=NC(=O)c2ccc(S(=O)(=O)N(C)c3ccccc3)cc2)sc2cccc(F)c21. The summed E-state index contributed by atoms with van der Waals surface area (Å²) in [6.07, 6.45) is 5.42. The topological polar surface area (TPSA) is 71.7 Å². The van der Waals surface area contributed by atoms with Crippen LogP contribution in [0.1, 0.15) is 10.4 Å². The molecule has 0 unspecified atom stereocenters. The Hall–Kier alpha value is -3.74. The van der Waals surface area contributed by atoms with Crippen LogP contribution < -0.4 is 9.11 Å². The maximum Gasteiger partial charge on any atom is 0.279 e. The lowest BCUT2D eigenvalue weighted by Gasteiger charge is -2.19. The summed E-state index contributed by atoms with van der Waals surface area (Å²) in [5.41, 5.74) is 1.00. The molecule has 0 aliphatic rings. The van der Waals surface area contributed by atoms with Crippen LogP contribution in [0.25, 0.3) is 10.2 Å². The number of nitrogens with zero attached hydrogens (tertiary/aromatic N) is 3. The van der Waals surface area contributed by atoms with E-state index in [1.165, 1.54) is 46.3 Å². The van der Waals surface area contributed by atoms with E-state index >= 15 is 0 Å². The van der Waals surface area contributed by atoms with E-state index in [0.29, 0.717) is 10.4 Å². The second-order valence-electron chi connectivity index (χ2n) is 7.01. The maximum absolute atomic E-state index is 14.3. The molecule has 0 fully saturated rings. The van der Waals surface area contributed by atoms with Crippen molar-refractivity contribution < 1.29 is 17.6 Å². The van der Waals surface area contributed by atoms with Gasteiger partial charge in [-0.05, 0) is 48.5 Å². The fraction of sp³-hybridized carbons (Fsp3) is 0.0833. The number of benzene rings is 3. The van der Waals surface area contributed by atoms with Gasteiger partial charge in [0.15, 0.2) is 4.80 Å². The highest BCUT2D eigenvalue weighted by Gasteiger charge is 2.21. The van der Waals surface area contributed by atoms with Crippen LogP contribution in [-0.4, -0.2) is 25.9 Å². The Morgan fingerprint density at radius 2 is 1.79 bits per heavy atom. The summed E-state index contributed by atoms with van der Waals surface area (Å²) >= 11 is 1.15. The summed E-state index contributed by atoms with van der Waals surface area (Å²) in [7, 11) is -2.34. The van der Waals surface area contributed by atoms with Gasteiger partial charge in [-0.1, -0.05) is 41.5 Å². The number of rotatable bonds is 5. The Morgan fingerprint density at radius 3 is 2.45 bits per heavy atom. The average Bonchev–Trinajstić information content (AvgIpc) is 3.17. The summed E-state index contributed by atoms with van der Waals surface area (Å²) in [5, 5.41) is 0. The molecule has 0 aliphatic heterocycles. The molecular formula is C24H18FN3O3S2. The first-order valence-electron chi connectivity index (χ1n) is 9.77. The number of fused-ring (bicyclic) bond motifs is 1. The molecule has 0 spiro atoms. The molecule has 3 aromatic carbocycles. The molecule has 1 amide bonds. The lowest BCUT2D eigenvalue weighted by atomic mass is 10.2. The molecule has 4 rings (SSSR count). The van der Waals surface area contributed by atoms with E-state index in [0.717, 1.165) is 11.3 Å². The zero-order chi connectivity index (χ0) is 23.6. The maximum atomic E-state index is 14.3. The van der Waals surface area contributed by atoms with E-state index < -0.39 is 21.7 Å². The zero-order valence-electron chi connectivity index (χ0n) is 17.5. The Labute approximate surface area is 194 Å². The number of aromatic nitrogens is 1. The van der Waals surface area contributed by atoms with Crippen LogP contribution in [0.2, 0.25) is 0 Å². The smallest absolute Gasteiger partial charge is 0.279 e. The molecule has 0 saturated heterocycles. The number of anilines is 1. The summed E-state index contributed by atoms with van der Waals surface area (Å²) in [6, 6.07) is 18.8. The molecule has 0 bridgehead atoms. The number of hydrogen-bond acceptors (Lipinski definition) is 4. The normalized spacial score (nSPS) is 12.0. The highest BCUT2D eigenvalue weighted by molar-refractivity contribution is 7.92. The molecule has 1 aromatic heterocycles. The van der Waals surface area contributed by atoms with E-state index in [1.807, 2.05) is 0 Å². The van der Waals surface area contributed by atoms with Crippen LogP contribution in [0.15, 0.2) is 82.7 Å². The third-order valence-electron chi connectivity index (χ3n) is 4.98. The average molecular weight is 480 g/mol. The summed E-state index contributed by atoms with van der Waals surface area (Å²) < 4.78 is 43.4. The third-order valence-corrected chi connectivity index (χ3v) is 7.82. The van der Waals surface area contributed by atoms with Crippen molar-refractivity contribution in [2.75, 3.05) is 11.4 Å². The standard InChI is InChI=1S/C24H18FN3O3S2/c1-3-16-28-22-20(25)10-7-11-21(22)32-24(28)26-23(29)17-12-14-19(15-13-17)33(30,31)27(2)18-8-5-4-6-9-18/h1,4-15H,16H2,2H3. The van der Waals surface area contributed by atoms with Gasteiger partial charge in [0.05, 0.1) is 27.3 Å². The number of carbonyl (C=O) groups is 1. The van der Waals surface area contributed by atoms with Crippen molar-refractivity contribution in [3.05, 3.63) is 89.0 Å². The van der Waals surface area contributed by atoms with Crippen molar-refractivity contribution in [2.45, 2.75) is 11.4 Å². The van der Waals surface area contributed by atoms with Gasteiger partial charge in [-0.2, -0.15) is 4.99 Å². The van der Waals surface area contributed by atoms with Gasteiger partial charge in [-0.25, -0.2) is 12.8 Å². The Morgan fingerprint density at radius 1 is 1.09 bits per heavy atom. The van der Waals surface area contributed by atoms with Crippen LogP contribution in [0.3, 0.4) is 0 Å². The highest BCUT2D eigenvalue weighted by Crippen LogP contribution is 2.23. The van der Waals surface area contributed by atoms with Gasteiger partial charge < -0.3 is 4.57 Å². The molecule has 1 heterocycles. The first-order chi connectivity index (χ1) is 15.8. The molecule has 0 radical (unpaired) electrons. The second-order valence-corrected chi connectivity index (χ2v) is 9.99. The van der Waals surface area contributed by atoms with Crippen LogP contribution >= 0.6 is 11.3 Å². The third kappa shape index (κ3) is 4.31. The Kier molecular flexibility index (Phi) is 6.14. The lowest BCUT2D eigenvalue weighted by Crippen LogP contribution is -2.26. The van der Waals surface area contributed by atoms with Crippen molar-refractivity contribution in [2.24, 2.45) is 4.99 Å². The predicted octanol–water partition coefficient (Wildman–Crippen LogP) is 4.04. The first kappa shape index (κ1) is 22.5. The van der Waals surface area contributed by atoms with Gasteiger partial charge in [0, 0.05) is 12.6 Å². The minimum absolute atomic E-state index is 0.0386. The van der Waals surface area contributed by atoms with Crippen LogP contribution in [-0.2, 0) is 16.6 Å². The minimum atomic E-state index is -3.80. The number of halogens is 1. The number of hydrogen-bond donors (Lipinski definition) is 0. The van der Waals surface area contributed by atoms with Crippen molar-refractivity contribution in [1.29, 1.82) is 0 Å². The first-order valence-corrected chi connectivity index (χ1v) is 12.0. The van der Waals surface area contributed by atoms with Crippen LogP contribution in [0, 0.1) is 18.2 Å². The molecular weight excluding hydrogens is 461 g/mol. The van der Waals surface area contributed by atoms with Gasteiger partial charge in [0.2, 0.25) is 0 Å². The predicted molar refractivity (Wildman–Crippen MR) is 127 cm³/mol. The molecule has 0 aliphatic carbocycles. The van der Waals surface area contributed by atoms with Gasteiger partial charge in [-0.15, -0.1) is 6.42 Å². The molecule has 33 heavy (non-hydrogen) atoms. The number of para-hydroxylation sites is 2. The molecule has 9 heteroatoms. The zero-order valence-corrected chi connectivity index (χ0v) is 19.1. The molecule has 4 aromatic rings. The Bertz CT molecular complexity index is 1550. The van der Waals surface area contributed by atoms with Gasteiger partial charge in [-0.3, -0.25) is 9.10 Å². The van der Waals surface area contributed by atoms with Gasteiger partial charge in [0.25, 0.3) is 15.9 Å². The fourth-order valence-corrected chi connectivity index (χ4v) is 5.50. The van der Waals surface area contributed by atoms with E-state index in [4.69, 9.17) is 6.42 Å². The summed E-state index contributed by atoms with van der Waals surface area (Å²) in [4.78, 5) is 17.2. The van der Waals surface area contributed by atoms with E-state index in [1.54, 1.807) is 42.5 Å².